The quantitative estimate of drug-likeness (QED) is 0.807. The van der Waals surface area contributed by atoms with Gasteiger partial charge in [-0.15, -0.1) is 0 Å². The Labute approximate surface area is 152 Å². The lowest BCUT2D eigenvalue weighted by atomic mass is 10.0. The van der Waals surface area contributed by atoms with Crippen molar-refractivity contribution < 1.29 is 24.2 Å². The number of nitrogens with zero attached hydrogens (tertiary/aromatic N) is 1. The highest BCUT2D eigenvalue weighted by molar-refractivity contribution is 6.01. The molecule has 1 aliphatic heterocycles. The van der Waals surface area contributed by atoms with Crippen LogP contribution in [0.25, 0.3) is 0 Å². The molecular formula is C19H24N2O5. The molecule has 3 rings (SSSR count). The van der Waals surface area contributed by atoms with Crippen molar-refractivity contribution in [3.63, 3.8) is 0 Å². The van der Waals surface area contributed by atoms with Crippen molar-refractivity contribution in [1.29, 1.82) is 0 Å². The Morgan fingerprint density at radius 2 is 2.08 bits per heavy atom. The van der Waals surface area contributed by atoms with Crippen LogP contribution in [-0.4, -0.2) is 42.1 Å². The fraction of sp³-hybridized carbons (Fsp3) is 0.526. The van der Waals surface area contributed by atoms with Gasteiger partial charge in [-0.1, -0.05) is 18.6 Å². The van der Waals surface area contributed by atoms with Gasteiger partial charge in [0.1, 0.15) is 5.75 Å². The summed E-state index contributed by atoms with van der Waals surface area (Å²) in [5.74, 6) is -1.64. The second-order valence-corrected chi connectivity index (χ2v) is 6.80. The Hall–Kier alpha value is -2.57. The molecule has 1 aromatic carbocycles. The summed E-state index contributed by atoms with van der Waals surface area (Å²) in [6.07, 6.45) is 2.16. The van der Waals surface area contributed by atoms with Gasteiger partial charge < -0.3 is 20.1 Å². The molecule has 0 spiro atoms. The fourth-order valence-electron chi connectivity index (χ4n) is 3.80. The van der Waals surface area contributed by atoms with E-state index in [9.17, 15) is 19.5 Å². The van der Waals surface area contributed by atoms with Crippen LogP contribution in [0.15, 0.2) is 24.3 Å². The lowest BCUT2D eigenvalue weighted by molar-refractivity contribution is -0.142. The molecule has 0 bridgehead atoms. The van der Waals surface area contributed by atoms with Gasteiger partial charge in [-0.05, 0) is 31.9 Å². The molecule has 2 amide bonds. The van der Waals surface area contributed by atoms with Crippen LogP contribution in [0.1, 0.15) is 32.6 Å². The van der Waals surface area contributed by atoms with Crippen LogP contribution in [0.4, 0.5) is 5.69 Å². The summed E-state index contributed by atoms with van der Waals surface area (Å²) in [5.41, 5.74) is 0.666. The zero-order valence-corrected chi connectivity index (χ0v) is 14.8. The van der Waals surface area contributed by atoms with E-state index in [1.165, 1.54) is 0 Å². The summed E-state index contributed by atoms with van der Waals surface area (Å²) < 4.78 is 5.58. The maximum atomic E-state index is 12.6. The zero-order chi connectivity index (χ0) is 18.7. The highest BCUT2D eigenvalue weighted by atomic mass is 16.5. The number of nitrogens with one attached hydrogen (secondary N) is 1. The largest absolute Gasteiger partial charge is 0.492 e. The maximum absolute atomic E-state index is 12.6. The Balaban J connectivity index is 1.68. The summed E-state index contributed by atoms with van der Waals surface area (Å²) in [4.78, 5) is 37.9. The monoisotopic (exact) mass is 360 g/mol. The van der Waals surface area contributed by atoms with E-state index in [2.05, 4.69) is 5.32 Å². The van der Waals surface area contributed by atoms with Crippen molar-refractivity contribution in [2.24, 2.45) is 11.8 Å². The molecule has 2 aliphatic rings. The fourth-order valence-corrected chi connectivity index (χ4v) is 3.80. The summed E-state index contributed by atoms with van der Waals surface area (Å²) >= 11 is 0. The van der Waals surface area contributed by atoms with Crippen molar-refractivity contribution >= 4 is 23.5 Å². The molecular weight excluding hydrogens is 336 g/mol. The summed E-state index contributed by atoms with van der Waals surface area (Å²) in [7, 11) is 0. The predicted octanol–water partition coefficient (Wildman–Crippen LogP) is 1.81. The van der Waals surface area contributed by atoms with Crippen LogP contribution in [0, 0.1) is 11.8 Å². The number of carbonyl (C=O) groups excluding carboxylic acids is 2. The number of carboxylic acid groups (broad SMARTS) is 1. The zero-order valence-electron chi connectivity index (χ0n) is 14.8. The van der Waals surface area contributed by atoms with E-state index in [1.54, 1.807) is 17.0 Å². The summed E-state index contributed by atoms with van der Waals surface area (Å²) in [6, 6.07) is 6.93. The number of aliphatic carboxylic acids is 1. The molecule has 1 heterocycles. The third kappa shape index (κ3) is 3.66. The molecule has 1 saturated heterocycles. The van der Waals surface area contributed by atoms with Gasteiger partial charge in [-0.25, -0.2) is 0 Å². The third-order valence-corrected chi connectivity index (χ3v) is 5.11. The second kappa shape index (κ2) is 7.76. The van der Waals surface area contributed by atoms with Crippen LogP contribution in [0.2, 0.25) is 0 Å². The topological polar surface area (TPSA) is 95.9 Å². The van der Waals surface area contributed by atoms with E-state index >= 15 is 0 Å². The van der Waals surface area contributed by atoms with Crippen molar-refractivity contribution in [3.8, 4) is 5.75 Å². The van der Waals surface area contributed by atoms with Gasteiger partial charge in [0.25, 0.3) is 0 Å². The van der Waals surface area contributed by atoms with E-state index in [-0.39, 0.29) is 30.8 Å². The number of hydrogen-bond donors (Lipinski definition) is 2. The number of ether oxygens (including phenoxy) is 1. The van der Waals surface area contributed by atoms with Gasteiger partial charge in [0.2, 0.25) is 11.8 Å². The van der Waals surface area contributed by atoms with Crippen molar-refractivity contribution in [2.45, 2.75) is 38.6 Å². The van der Waals surface area contributed by atoms with Crippen molar-refractivity contribution in [2.75, 3.05) is 18.1 Å². The summed E-state index contributed by atoms with van der Waals surface area (Å²) in [6.45, 7) is 2.64. The van der Waals surface area contributed by atoms with Crippen LogP contribution in [0.3, 0.4) is 0 Å². The van der Waals surface area contributed by atoms with E-state index in [1.807, 2.05) is 19.1 Å². The Bertz CT molecular complexity index is 705. The number of anilines is 1. The molecule has 140 valence electrons. The van der Waals surface area contributed by atoms with E-state index in [0.717, 1.165) is 6.42 Å². The van der Waals surface area contributed by atoms with Gasteiger partial charge >= 0.3 is 5.97 Å². The van der Waals surface area contributed by atoms with Gasteiger partial charge in [0, 0.05) is 19.0 Å². The predicted molar refractivity (Wildman–Crippen MR) is 95.0 cm³/mol. The minimum absolute atomic E-state index is 0.122. The van der Waals surface area contributed by atoms with Gasteiger partial charge in [0.15, 0.2) is 0 Å². The highest BCUT2D eigenvalue weighted by Gasteiger charge is 2.39. The Morgan fingerprint density at radius 1 is 1.31 bits per heavy atom. The SMILES string of the molecule is CCOc1ccccc1N1CC(C(=O)N[C@@H]2CCC[C@@H]2C(=O)O)CC1=O. The molecule has 2 fully saturated rings. The first-order valence-electron chi connectivity index (χ1n) is 9.06. The number of benzene rings is 1. The lowest BCUT2D eigenvalue weighted by Gasteiger charge is -2.21. The van der Waals surface area contributed by atoms with Crippen LogP contribution in [-0.2, 0) is 14.4 Å². The van der Waals surface area contributed by atoms with Crippen molar-refractivity contribution in [3.05, 3.63) is 24.3 Å². The number of rotatable bonds is 6. The summed E-state index contributed by atoms with van der Waals surface area (Å²) in [5, 5.41) is 12.1. The first-order chi connectivity index (χ1) is 12.5. The molecule has 7 nitrogen and oxygen atoms in total. The van der Waals surface area contributed by atoms with E-state index < -0.39 is 17.8 Å². The van der Waals surface area contributed by atoms with Crippen molar-refractivity contribution in [1.82, 2.24) is 5.32 Å². The normalized spacial score (nSPS) is 25.3. The number of carboxylic acids is 1. The standard InChI is InChI=1S/C19H24N2O5/c1-2-26-16-9-4-3-8-15(16)21-11-12(10-17(21)22)18(23)20-14-7-5-6-13(14)19(24)25/h3-4,8-9,12-14H,2,5-7,10-11H2,1H3,(H,20,23)(H,24,25)/t12?,13-,14+/m0/s1. The molecule has 2 N–H and O–H groups in total. The van der Waals surface area contributed by atoms with E-state index in [0.29, 0.717) is 30.9 Å². The first kappa shape index (κ1) is 18.2. The number of hydrogen-bond acceptors (Lipinski definition) is 4. The third-order valence-electron chi connectivity index (χ3n) is 5.11. The van der Waals surface area contributed by atoms with Gasteiger partial charge in [-0.3, -0.25) is 14.4 Å². The minimum atomic E-state index is -0.873. The number of carbonyl (C=O) groups is 3. The smallest absolute Gasteiger partial charge is 0.308 e. The molecule has 7 heteroatoms. The molecule has 3 atom stereocenters. The Kier molecular flexibility index (Phi) is 5.44. The number of para-hydroxylation sites is 2. The van der Waals surface area contributed by atoms with Crippen LogP contribution in [0.5, 0.6) is 5.75 Å². The average molecular weight is 360 g/mol. The maximum Gasteiger partial charge on any atom is 0.308 e. The minimum Gasteiger partial charge on any atom is -0.492 e. The van der Waals surface area contributed by atoms with Crippen LogP contribution < -0.4 is 15.0 Å². The molecule has 26 heavy (non-hydrogen) atoms. The molecule has 1 aromatic rings. The van der Waals surface area contributed by atoms with Gasteiger partial charge in [-0.2, -0.15) is 0 Å². The molecule has 0 radical (unpaired) electrons. The second-order valence-electron chi connectivity index (χ2n) is 6.80. The Morgan fingerprint density at radius 3 is 2.81 bits per heavy atom. The molecule has 1 unspecified atom stereocenters. The van der Waals surface area contributed by atoms with Gasteiger partial charge in [0.05, 0.1) is 24.1 Å². The lowest BCUT2D eigenvalue weighted by Crippen LogP contribution is -2.43. The average Bonchev–Trinajstić information content (AvgIpc) is 3.22. The highest BCUT2D eigenvalue weighted by Crippen LogP contribution is 2.33. The molecule has 0 aromatic heterocycles. The molecule has 1 aliphatic carbocycles. The molecule has 1 saturated carbocycles. The first-order valence-corrected chi connectivity index (χ1v) is 9.06. The van der Waals surface area contributed by atoms with E-state index in [4.69, 9.17) is 4.74 Å². The number of amides is 2. The van der Waals surface area contributed by atoms with Crippen LogP contribution >= 0.6 is 0 Å².